The molecule has 4 heteroatoms. The van der Waals surface area contributed by atoms with Crippen molar-refractivity contribution in [3.63, 3.8) is 0 Å². The Morgan fingerprint density at radius 3 is 2.50 bits per heavy atom. The zero-order valence-corrected chi connectivity index (χ0v) is 12.8. The van der Waals surface area contributed by atoms with Crippen molar-refractivity contribution in [2.24, 2.45) is 12.0 Å². The third-order valence-corrected chi connectivity index (χ3v) is 4.91. The summed E-state index contributed by atoms with van der Waals surface area (Å²) in [6, 6.07) is 10.8. The highest BCUT2D eigenvalue weighted by Gasteiger charge is 2.12. The Bertz CT molecular complexity index is 604. The lowest BCUT2D eigenvalue weighted by molar-refractivity contribution is 0.561. The zero-order chi connectivity index (χ0) is 13.8. The van der Waals surface area contributed by atoms with Crippen molar-refractivity contribution < 1.29 is 0 Å². The van der Waals surface area contributed by atoms with E-state index >= 15 is 0 Å². The van der Waals surface area contributed by atoms with Gasteiger partial charge in [0.15, 0.2) is 0 Å². The molecule has 0 N–H and O–H groups in total. The van der Waals surface area contributed by atoms with Crippen LogP contribution in [0.2, 0.25) is 0 Å². The molecule has 0 spiro atoms. The predicted octanol–water partition coefficient (Wildman–Crippen LogP) is 3.77. The van der Waals surface area contributed by atoms with Gasteiger partial charge >= 0.3 is 0 Å². The van der Waals surface area contributed by atoms with Gasteiger partial charge in [-0.25, -0.2) is 4.68 Å². The average molecular weight is 287 g/mol. The van der Waals surface area contributed by atoms with E-state index in [-0.39, 0.29) is 0 Å². The summed E-state index contributed by atoms with van der Waals surface area (Å²) in [5.74, 6) is 0. The van der Waals surface area contributed by atoms with Gasteiger partial charge in [0.1, 0.15) is 5.01 Å². The van der Waals surface area contributed by atoms with Gasteiger partial charge < -0.3 is 0 Å². The highest BCUT2D eigenvalue weighted by atomic mass is 32.1. The second kappa shape index (κ2) is 6.35. The average Bonchev–Trinajstić information content (AvgIpc) is 2.68. The predicted molar refractivity (Wildman–Crippen MR) is 83.6 cm³/mol. The van der Waals surface area contributed by atoms with Crippen molar-refractivity contribution in [2.75, 3.05) is 0 Å². The summed E-state index contributed by atoms with van der Waals surface area (Å²) < 4.78 is 1.93. The molecule has 1 fully saturated rings. The summed E-state index contributed by atoms with van der Waals surface area (Å²) in [4.78, 5) is 5.99. The van der Waals surface area contributed by atoms with Crippen LogP contribution in [0.15, 0.2) is 35.3 Å². The monoisotopic (exact) mass is 287 g/mol. The molecule has 106 valence electrons. The van der Waals surface area contributed by atoms with Crippen LogP contribution in [0.1, 0.15) is 38.5 Å². The van der Waals surface area contributed by atoms with Gasteiger partial charge in [0.05, 0.1) is 6.04 Å². The number of rotatable bonds is 2. The molecule has 0 aliphatic heterocycles. The largest absolute Gasteiger partial charge is 0.254 e. The Balaban J connectivity index is 1.88. The van der Waals surface area contributed by atoms with Crippen LogP contribution in [0, 0.1) is 0 Å². The van der Waals surface area contributed by atoms with E-state index in [1.165, 1.54) is 44.1 Å². The van der Waals surface area contributed by atoms with E-state index < -0.39 is 0 Å². The van der Waals surface area contributed by atoms with Crippen molar-refractivity contribution in [2.45, 2.75) is 44.6 Å². The van der Waals surface area contributed by atoms with E-state index in [9.17, 15) is 0 Å². The highest BCUT2D eigenvalue weighted by molar-refractivity contribution is 7.12. The molecular weight excluding hydrogens is 266 g/mol. The molecule has 2 aromatic rings. The van der Waals surface area contributed by atoms with Crippen LogP contribution in [0.5, 0.6) is 0 Å². The maximum Gasteiger partial charge on any atom is 0.203 e. The van der Waals surface area contributed by atoms with E-state index in [2.05, 4.69) is 29.4 Å². The molecule has 3 rings (SSSR count). The molecular formula is C16H21N3S. The molecule has 1 aliphatic rings. The lowest BCUT2D eigenvalue weighted by Crippen LogP contribution is -2.16. The van der Waals surface area contributed by atoms with Crippen LogP contribution >= 0.6 is 11.3 Å². The van der Waals surface area contributed by atoms with Crippen molar-refractivity contribution in [1.82, 2.24) is 9.78 Å². The van der Waals surface area contributed by atoms with Gasteiger partial charge in [-0.3, -0.25) is 4.99 Å². The third kappa shape index (κ3) is 3.18. The van der Waals surface area contributed by atoms with Gasteiger partial charge in [0.25, 0.3) is 0 Å². The van der Waals surface area contributed by atoms with E-state index in [4.69, 9.17) is 4.99 Å². The lowest BCUT2D eigenvalue weighted by atomic mass is 10.1. The van der Waals surface area contributed by atoms with E-state index in [1.54, 1.807) is 11.3 Å². The summed E-state index contributed by atoms with van der Waals surface area (Å²) in [6.07, 6.45) is 7.85. The molecule has 1 aliphatic carbocycles. The van der Waals surface area contributed by atoms with Crippen molar-refractivity contribution in [3.05, 3.63) is 35.1 Å². The first-order chi connectivity index (χ1) is 9.83. The van der Waals surface area contributed by atoms with Gasteiger partial charge in [-0.1, -0.05) is 67.4 Å². The molecule has 0 bridgehead atoms. The first-order valence-electron chi connectivity index (χ1n) is 7.46. The number of nitrogens with zero attached hydrogens (tertiary/aromatic N) is 3. The second-order valence-corrected chi connectivity index (χ2v) is 6.41. The first kappa shape index (κ1) is 13.6. The smallest absolute Gasteiger partial charge is 0.203 e. The molecule has 1 heterocycles. The fraction of sp³-hybridized carbons (Fsp3) is 0.500. The molecule has 0 saturated heterocycles. The number of hydrogen-bond donors (Lipinski definition) is 0. The van der Waals surface area contributed by atoms with Gasteiger partial charge in [-0.05, 0) is 12.8 Å². The fourth-order valence-corrected chi connectivity index (χ4v) is 3.67. The van der Waals surface area contributed by atoms with Crippen molar-refractivity contribution in [3.8, 4) is 10.6 Å². The number of aromatic nitrogens is 2. The van der Waals surface area contributed by atoms with E-state index in [1.807, 2.05) is 17.8 Å². The van der Waals surface area contributed by atoms with Crippen molar-refractivity contribution >= 4 is 11.3 Å². The molecule has 1 aromatic carbocycles. The van der Waals surface area contributed by atoms with E-state index in [0.29, 0.717) is 6.04 Å². The van der Waals surface area contributed by atoms with Crippen LogP contribution in [0.4, 0.5) is 0 Å². The van der Waals surface area contributed by atoms with E-state index in [0.717, 1.165) is 9.81 Å². The highest BCUT2D eigenvalue weighted by Crippen LogP contribution is 2.21. The fourth-order valence-electron chi connectivity index (χ4n) is 2.70. The Hall–Kier alpha value is -1.42. The van der Waals surface area contributed by atoms with Gasteiger partial charge in [-0.15, -0.1) is 0 Å². The maximum absolute atomic E-state index is 4.94. The Labute approximate surface area is 124 Å². The van der Waals surface area contributed by atoms with Crippen LogP contribution in [0.25, 0.3) is 10.6 Å². The summed E-state index contributed by atoms with van der Waals surface area (Å²) in [7, 11) is 2.00. The zero-order valence-electron chi connectivity index (χ0n) is 12.0. The molecule has 0 atom stereocenters. The maximum atomic E-state index is 4.94. The summed E-state index contributed by atoms with van der Waals surface area (Å²) in [6.45, 7) is 0. The Kier molecular flexibility index (Phi) is 4.31. The quantitative estimate of drug-likeness (QED) is 0.773. The first-order valence-corrected chi connectivity index (χ1v) is 8.28. The number of aryl methyl sites for hydroxylation is 1. The molecule has 0 unspecified atom stereocenters. The van der Waals surface area contributed by atoms with Gasteiger partial charge in [-0.2, -0.15) is 5.10 Å². The molecule has 1 saturated carbocycles. The molecule has 1 aromatic heterocycles. The lowest BCUT2D eigenvalue weighted by Gasteiger charge is -2.06. The molecule has 3 nitrogen and oxygen atoms in total. The van der Waals surface area contributed by atoms with Crippen LogP contribution in [-0.4, -0.2) is 15.8 Å². The topological polar surface area (TPSA) is 30.2 Å². The SMILES string of the molecule is Cn1nc(-c2ccccc2)sc1=NC1CCCCCC1. The summed E-state index contributed by atoms with van der Waals surface area (Å²) >= 11 is 1.70. The van der Waals surface area contributed by atoms with Crippen LogP contribution < -0.4 is 4.80 Å². The van der Waals surface area contributed by atoms with Crippen LogP contribution in [-0.2, 0) is 7.05 Å². The molecule has 0 amide bonds. The van der Waals surface area contributed by atoms with Gasteiger partial charge in [0.2, 0.25) is 4.80 Å². The normalized spacial score (nSPS) is 18.1. The minimum atomic E-state index is 0.493. The number of hydrogen-bond acceptors (Lipinski definition) is 3. The molecule has 0 radical (unpaired) electrons. The Morgan fingerprint density at radius 1 is 1.10 bits per heavy atom. The second-order valence-electron chi connectivity index (χ2n) is 5.45. The van der Waals surface area contributed by atoms with Crippen molar-refractivity contribution in [1.29, 1.82) is 0 Å². The summed E-state index contributed by atoms with van der Waals surface area (Å²) in [5.41, 5.74) is 1.18. The minimum absolute atomic E-state index is 0.493. The summed E-state index contributed by atoms with van der Waals surface area (Å²) in [5, 5.41) is 5.67. The Morgan fingerprint density at radius 2 is 1.80 bits per heavy atom. The van der Waals surface area contributed by atoms with Gasteiger partial charge in [0, 0.05) is 12.6 Å². The number of benzene rings is 1. The minimum Gasteiger partial charge on any atom is -0.254 e. The van der Waals surface area contributed by atoms with Crippen LogP contribution in [0.3, 0.4) is 0 Å². The standard InChI is InChI=1S/C16H21N3S/c1-19-16(17-14-11-7-2-3-8-12-14)20-15(18-19)13-9-5-4-6-10-13/h4-6,9-10,14H,2-3,7-8,11-12H2,1H3. The molecule has 20 heavy (non-hydrogen) atoms. The third-order valence-electron chi connectivity index (χ3n) is 3.84.